The number of alkyl halides is 2. The monoisotopic (exact) mass is 763 g/mol. The number of carboxylic acids is 1. The number of hydrogen-bond acceptors (Lipinski definition) is 8. The van der Waals surface area contributed by atoms with Crippen molar-refractivity contribution in [3.63, 3.8) is 0 Å². The first-order valence-electron chi connectivity index (χ1n) is 15.0. The third-order valence-electron chi connectivity index (χ3n) is 8.82. The molecular weight excluding hydrogens is 736 g/mol. The number of ether oxygens (including phenoxy) is 1. The molecule has 50 heavy (non-hydrogen) atoms. The molecule has 3 atom stereocenters. The number of nitrogens with zero attached hydrogens (tertiary/aromatic N) is 6. The van der Waals surface area contributed by atoms with Crippen LogP contribution in [0.4, 0.5) is 8.78 Å². The van der Waals surface area contributed by atoms with Gasteiger partial charge in [0.15, 0.2) is 5.56 Å². The predicted molar refractivity (Wildman–Crippen MR) is 178 cm³/mol. The van der Waals surface area contributed by atoms with Crippen molar-refractivity contribution in [2.75, 3.05) is 20.2 Å². The van der Waals surface area contributed by atoms with Gasteiger partial charge in [-0.3, -0.25) is 14.7 Å². The van der Waals surface area contributed by atoms with Gasteiger partial charge in [-0.2, -0.15) is 24.3 Å². The van der Waals surface area contributed by atoms with Crippen LogP contribution in [0.2, 0.25) is 10.0 Å². The first-order chi connectivity index (χ1) is 23.4. The van der Waals surface area contributed by atoms with Crippen molar-refractivity contribution in [3.05, 3.63) is 103 Å². The first-order valence-corrected chi connectivity index (χ1v) is 15.7. The minimum absolute atomic E-state index is 0. The van der Waals surface area contributed by atoms with Crippen LogP contribution < -0.4 is 16.0 Å². The molecule has 0 amide bonds. The summed E-state index contributed by atoms with van der Waals surface area (Å²) >= 11 is 13.1. The van der Waals surface area contributed by atoms with E-state index >= 15 is 0 Å². The Bertz CT molecular complexity index is 2210. The molecule has 1 saturated carbocycles. The summed E-state index contributed by atoms with van der Waals surface area (Å²) in [5, 5.41) is 10.2. The number of hydrogen-bond donors (Lipinski definition) is 1. The number of benzene rings is 2. The van der Waals surface area contributed by atoms with Crippen LogP contribution in [0.5, 0.6) is 5.88 Å². The van der Waals surface area contributed by atoms with Crippen LogP contribution in [0.15, 0.2) is 58.3 Å². The Morgan fingerprint density at radius 2 is 1.76 bits per heavy atom. The maximum absolute atomic E-state index is 12.5. The summed E-state index contributed by atoms with van der Waals surface area (Å²) in [4.78, 5) is 49.3. The third-order valence-corrected chi connectivity index (χ3v) is 9.54. The number of pyridine rings is 1. The van der Waals surface area contributed by atoms with E-state index in [1.165, 1.54) is 14.1 Å². The van der Waals surface area contributed by atoms with Crippen molar-refractivity contribution in [1.29, 1.82) is 0 Å². The molecule has 259 valence electrons. The van der Waals surface area contributed by atoms with E-state index in [1.807, 2.05) is 30.3 Å². The van der Waals surface area contributed by atoms with E-state index in [1.54, 1.807) is 19.4 Å². The van der Waals surface area contributed by atoms with Crippen molar-refractivity contribution in [2.45, 2.75) is 13.0 Å². The Hall–Kier alpha value is -4.20. The molecule has 16 heteroatoms. The van der Waals surface area contributed by atoms with Gasteiger partial charge >= 0.3 is 28.7 Å². The maximum atomic E-state index is 12.5. The number of halogens is 4. The summed E-state index contributed by atoms with van der Waals surface area (Å²) in [5.74, 6) is 0.0518. The van der Waals surface area contributed by atoms with Gasteiger partial charge in [-0.1, -0.05) is 46.5 Å². The molecule has 0 spiro atoms. The van der Waals surface area contributed by atoms with E-state index in [0.29, 0.717) is 28.2 Å². The standard InChI is InChI=1S/C24H20Cl2N3O3.C10H8F2N3O2.Mn/c1-32-23-20(12-29-10-16-17(11-29)21(16)24(30)31)27-9-19(28-23)15-7-4-6-14(22(15)26)13-5-2-3-8-18(13)25;1-14-7-3-6(8(11)12)13-4-5(7)9(16)15(2)10(14)17;/h2-7,9,16-17,21H,10-12H2,1H3,(H,30,31);3,8H,1-2H3;/q2*-1;+2/t16-,17+,21?;;. The van der Waals surface area contributed by atoms with Crippen LogP contribution in [0.25, 0.3) is 33.3 Å². The van der Waals surface area contributed by atoms with E-state index in [2.05, 4.69) is 32.1 Å². The molecule has 1 aliphatic heterocycles. The second kappa shape index (κ2) is 15.0. The van der Waals surface area contributed by atoms with E-state index in [9.17, 15) is 28.3 Å². The molecule has 7 rings (SSSR count). The van der Waals surface area contributed by atoms with Gasteiger partial charge in [-0.15, -0.1) is 17.2 Å². The fourth-order valence-corrected chi connectivity index (χ4v) is 6.77. The second-order valence-corrected chi connectivity index (χ2v) is 12.5. The van der Waals surface area contributed by atoms with Crippen LogP contribution in [-0.4, -0.2) is 60.3 Å². The van der Waals surface area contributed by atoms with Gasteiger partial charge in [0.25, 0.3) is 0 Å². The zero-order chi connectivity index (χ0) is 35.1. The summed E-state index contributed by atoms with van der Waals surface area (Å²) in [7, 11) is 4.27. The fourth-order valence-electron chi connectivity index (χ4n) is 6.22. The average Bonchev–Trinajstić information content (AvgIpc) is 3.62. The second-order valence-electron chi connectivity index (χ2n) is 11.7. The number of aliphatic carboxylic acids is 1. The summed E-state index contributed by atoms with van der Waals surface area (Å²) in [5.41, 5.74) is 2.04. The van der Waals surface area contributed by atoms with Crippen molar-refractivity contribution in [3.8, 4) is 28.3 Å². The number of likely N-dealkylation sites (tertiary alicyclic amines) is 1. The largest absolute Gasteiger partial charge is 2.00 e. The summed E-state index contributed by atoms with van der Waals surface area (Å²) in [6.07, 6.45) is 1.18. The molecule has 3 aromatic heterocycles. The normalized spacial score (nSPS) is 17.9. The molecule has 11 nitrogen and oxygen atoms in total. The van der Waals surface area contributed by atoms with Gasteiger partial charge in [0.05, 0.1) is 24.9 Å². The van der Waals surface area contributed by atoms with Gasteiger partial charge in [0, 0.05) is 50.0 Å². The van der Waals surface area contributed by atoms with Gasteiger partial charge in [0.2, 0.25) is 12.3 Å². The van der Waals surface area contributed by atoms with E-state index in [-0.39, 0.29) is 45.7 Å². The van der Waals surface area contributed by atoms with E-state index < -0.39 is 29.3 Å². The average molecular weight is 764 g/mol. The van der Waals surface area contributed by atoms with E-state index in [0.717, 1.165) is 50.7 Å². The molecule has 1 unspecified atom stereocenters. The number of rotatable bonds is 7. The molecule has 2 fully saturated rings. The fraction of sp³-hybridized carbons (Fsp3) is 0.294. The quantitative estimate of drug-likeness (QED) is 0.179. The molecule has 4 heterocycles. The van der Waals surface area contributed by atoms with Crippen LogP contribution in [0.3, 0.4) is 0 Å². The molecule has 2 aromatic carbocycles. The zero-order valence-electron chi connectivity index (χ0n) is 26.7. The Labute approximate surface area is 304 Å². The molecule has 1 radical (unpaired) electrons. The summed E-state index contributed by atoms with van der Waals surface area (Å²) in [6.45, 7) is 2.09. The first kappa shape index (κ1) is 37.1. The van der Waals surface area contributed by atoms with Crippen LogP contribution in [0, 0.1) is 30.0 Å². The number of methoxy groups -OCH3 is 1. The van der Waals surface area contributed by atoms with Crippen molar-refractivity contribution >= 4 is 40.1 Å². The minimum Gasteiger partial charge on any atom is -0.481 e. The minimum atomic E-state index is -2.77. The number of carboxylic acid groups (broad SMARTS) is 1. The molecular formula is C34H28Cl2F2MnN6O5. The summed E-state index contributed by atoms with van der Waals surface area (Å²) in [6, 6.07) is 15.2. The Kier molecular flexibility index (Phi) is 11.1. The SMILES string of the molecule is COc1nc(-c2cccc(-c3ccc[c-]c3Cl)c2Cl)cnc1CN1C[C@@H]2C(C(=O)O)[C@@H]2C1.Cn1c(=O)c2[c-]nc(C(F)F)cc2n(C)c1=O.[Mn+2]. The molecule has 0 bridgehead atoms. The topological polar surface area (TPSA) is 132 Å². The van der Waals surface area contributed by atoms with Gasteiger partial charge in [-0.05, 0) is 28.9 Å². The predicted octanol–water partition coefficient (Wildman–Crippen LogP) is 5.06. The van der Waals surface area contributed by atoms with Crippen LogP contribution >= 0.6 is 23.2 Å². The van der Waals surface area contributed by atoms with Crippen LogP contribution in [-0.2, 0) is 42.5 Å². The summed E-state index contributed by atoms with van der Waals surface area (Å²) < 4.78 is 32.4. The maximum Gasteiger partial charge on any atom is 2.00 e. The molecule has 5 aromatic rings. The Morgan fingerprint density at radius 1 is 1.08 bits per heavy atom. The number of aryl methyl sites for hydroxylation is 1. The molecule has 1 N–H and O–H groups in total. The number of carbonyl (C=O) groups is 1. The van der Waals surface area contributed by atoms with Crippen molar-refractivity contribution in [2.24, 2.45) is 31.8 Å². The van der Waals surface area contributed by atoms with E-state index in [4.69, 9.17) is 27.9 Å². The van der Waals surface area contributed by atoms with Gasteiger partial charge < -0.3 is 28.8 Å². The third kappa shape index (κ3) is 7.03. The number of fused-ring (bicyclic) bond motifs is 2. The number of aromatic nitrogens is 5. The Balaban J connectivity index is 0.000000229. The van der Waals surface area contributed by atoms with Gasteiger partial charge in [-0.25, -0.2) is 18.6 Å². The smallest absolute Gasteiger partial charge is 0.481 e. The molecule has 1 saturated heterocycles. The zero-order valence-corrected chi connectivity index (χ0v) is 29.4. The van der Waals surface area contributed by atoms with Crippen molar-refractivity contribution < 1.29 is 40.5 Å². The van der Waals surface area contributed by atoms with Gasteiger partial charge in [0.1, 0.15) is 5.69 Å². The van der Waals surface area contributed by atoms with Crippen LogP contribution in [0.1, 0.15) is 17.8 Å². The number of piperidine rings is 1. The molecule has 2 aliphatic rings. The van der Waals surface area contributed by atoms with Crippen molar-refractivity contribution in [1.82, 2.24) is 29.0 Å². The molecule has 1 aliphatic carbocycles. The Morgan fingerprint density at radius 3 is 2.40 bits per heavy atom.